The van der Waals surface area contributed by atoms with Gasteiger partial charge >= 0.3 is 18.0 Å². The van der Waals surface area contributed by atoms with E-state index in [9.17, 15) is 23.2 Å². The minimum atomic E-state index is -1.52. The van der Waals surface area contributed by atoms with Crippen LogP contribution in [-0.2, 0) is 9.59 Å². The zero-order chi connectivity index (χ0) is 21.3. The summed E-state index contributed by atoms with van der Waals surface area (Å²) < 4.78 is 33.5. The lowest BCUT2D eigenvalue weighted by molar-refractivity contribution is -0.140. The quantitative estimate of drug-likeness (QED) is 0.376. The number of benzene rings is 1. The predicted octanol–water partition coefficient (Wildman–Crippen LogP) is 2.97. The Morgan fingerprint density at radius 1 is 1.11 bits per heavy atom. The molecule has 1 aromatic carbocycles. The van der Waals surface area contributed by atoms with Crippen molar-refractivity contribution >= 4 is 55.6 Å². The average molecular weight is 532 g/mol. The minimum Gasteiger partial charge on any atom is -0.481 e. The second-order valence-electron chi connectivity index (χ2n) is 5.46. The number of hydrogen-bond acceptors (Lipinski definition) is 5. The first-order chi connectivity index (χ1) is 13.2. The van der Waals surface area contributed by atoms with Crippen LogP contribution < -0.4 is 15.0 Å². The highest BCUT2D eigenvalue weighted by atomic mass is 79.9. The molecule has 0 aliphatic carbocycles. The number of rotatable bonds is 11. The normalized spacial score (nSPS) is 11.6. The lowest BCUT2D eigenvalue weighted by Gasteiger charge is -2.24. The van der Waals surface area contributed by atoms with Crippen molar-refractivity contribution in [2.75, 3.05) is 28.6 Å². The number of nitrogens with one attached hydrogen (secondary N) is 1. The number of halogens is 4. The molecule has 0 spiro atoms. The van der Waals surface area contributed by atoms with Crippen LogP contribution >= 0.6 is 31.9 Å². The summed E-state index contributed by atoms with van der Waals surface area (Å²) in [4.78, 5) is 34.9. The van der Waals surface area contributed by atoms with Crippen LogP contribution in [0.25, 0.3) is 0 Å². The highest BCUT2D eigenvalue weighted by Crippen LogP contribution is 2.28. The van der Waals surface area contributed by atoms with Gasteiger partial charge in [0.05, 0.1) is 0 Å². The molecule has 0 fully saturated rings. The third-order valence-electron chi connectivity index (χ3n) is 3.46. The molecule has 0 aliphatic heterocycles. The topological polar surface area (TPSA) is 116 Å². The number of carboxylic acids is 2. The van der Waals surface area contributed by atoms with Crippen LogP contribution in [0.3, 0.4) is 0 Å². The second kappa shape index (κ2) is 11.8. The Labute approximate surface area is 176 Å². The molecule has 8 nitrogen and oxygen atoms in total. The molecule has 0 heterocycles. The number of ether oxygens (including phenoxy) is 1. The van der Waals surface area contributed by atoms with Crippen molar-refractivity contribution in [2.24, 2.45) is 0 Å². The van der Waals surface area contributed by atoms with Crippen molar-refractivity contribution in [1.82, 2.24) is 5.32 Å². The Morgan fingerprint density at radius 3 is 2.07 bits per heavy atom. The van der Waals surface area contributed by atoms with Gasteiger partial charge in [-0.15, -0.1) is 0 Å². The van der Waals surface area contributed by atoms with E-state index in [0.29, 0.717) is 23.7 Å². The maximum atomic E-state index is 14.4. The summed E-state index contributed by atoms with van der Waals surface area (Å²) in [6.45, 7) is 0.675. The third-order valence-corrected chi connectivity index (χ3v) is 4.17. The largest absolute Gasteiger partial charge is 0.481 e. The molecule has 1 aromatic rings. The Bertz CT molecular complexity index is 693. The van der Waals surface area contributed by atoms with Crippen molar-refractivity contribution in [3.8, 4) is 5.75 Å². The number of carbonyl (C=O) groups excluding carboxylic acids is 1. The standard InChI is InChI=1S/C16H18Br2F2N2O6/c17-3-5-22(6-4-18)14-10(19)7-9(8-11(14)20)28-16(27)21-12(15(25)26)1-2-13(23)24/h7-8,12H,1-6H2,(H,21,27)(H,23,24)(H,25,26)/t12-/m0/s1. The summed E-state index contributed by atoms with van der Waals surface area (Å²) >= 11 is 6.41. The van der Waals surface area contributed by atoms with Crippen molar-refractivity contribution in [2.45, 2.75) is 18.9 Å². The van der Waals surface area contributed by atoms with E-state index in [4.69, 9.17) is 14.9 Å². The summed E-state index contributed by atoms with van der Waals surface area (Å²) in [5.41, 5.74) is -0.281. The summed E-state index contributed by atoms with van der Waals surface area (Å²) in [5, 5.41) is 20.5. The van der Waals surface area contributed by atoms with Crippen LogP contribution in [0.1, 0.15) is 12.8 Å². The van der Waals surface area contributed by atoms with E-state index < -0.39 is 47.9 Å². The van der Waals surface area contributed by atoms with Crippen LogP contribution in [0.4, 0.5) is 19.3 Å². The van der Waals surface area contributed by atoms with Gasteiger partial charge in [-0.05, 0) is 6.42 Å². The molecule has 0 bridgehead atoms. The molecule has 0 aliphatic rings. The van der Waals surface area contributed by atoms with Crippen LogP contribution in [-0.4, -0.2) is 58.0 Å². The predicted molar refractivity (Wildman–Crippen MR) is 104 cm³/mol. The van der Waals surface area contributed by atoms with Gasteiger partial charge in [0.15, 0.2) is 11.6 Å². The van der Waals surface area contributed by atoms with Gasteiger partial charge < -0.3 is 25.2 Å². The number of nitrogens with zero attached hydrogens (tertiary/aromatic N) is 1. The lowest BCUT2D eigenvalue weighted by Crippen LogP contribution is -2.42. The Balaban J connectivity index is 2.90. The molecule has 1 atom stereocenters. The van der Waals surface area contributed by atoms with Gasteiger partial charge in [-0.1, -0.05) is 31.9 Å². The van der Waals surface area contributed by atoms with Gasteiger partial charge in [-0.25, -0.2) is 18.4 Å². The van der Waals surface area contributed by atoms with Crippen LogP contribution in [0.5, 0.6) is 5.75 Å². The fraction of sp³-hybridized carbons (Fsp3) is 0.438. The van der Waals surface area contributed by atoms with Crippen molar-refractivity contribution in [1.29, 1.82) is 0 Å². The second-order valence-corrected chi connectivity index (χ2v) is 7.04. The summed E-state index contributed by atoms with van der Waals surface area (Å²) in [6.07, 6.45) is -2.15. The highest BCUT2D eigenvalue weighted by molar-refractivity contribution is 9.09. The van der Waals surface area contributed by atoms with Crippen molar-refractivity contribution in [3.05, 3.63) is 23.8 Å². The van der Waals surface area contributed by atoms with Crippen molar-refractivity contribution in [3.63, 3.8) is 0 Å². The number of hydrogen-bond donors (Lipinski definition) is 3. The third kappa shape index (κ3) is 7.58. The monoisotopic (exact) mass is 530 g/mol. The molecule has 28 heavy (non-hydrogen) atoms. The maximum absolute atomic E-state index is 14.4. The summed E-state index contributed by atoms with van der Waals surface area (Å²) in [7, 11) is 0. The first-order valence-electron chi connectivity index (χ1n) is 7.98. The molecule has 0 aromatic heterocycles. The lowest BCUT2D eigenvalue weighted by atomic mass is 10.1. The zero-order valence-corrected chi connectivity index (χ0v) is 17.6. The van der Waals surface area contributed by atoms with E-state index in [1.807, 2.05) is 5.32 Å². The van der Waals surface area contributed by atoms with Gasteiger partial charge in [0.25, 0.3) is 0 Å². The van der Waals surface area contributed by atoms with Gasteiger partial charge in [0.2, 0.25) is 0 Å². The molecule has 0 unspecified atom stereocenters. The maximum Gasteiger partial charge on any atom is 0.413 e. The molecule has 156 valence electrons. The molecular formula is C16H18Br2F2N2O6. The molecule has 0 radical (unpaired) electrons. The number of aliphatic carboxylic acids is 2. The zero-order valence-electron chi connectivity index (χ0n) is 14.5. The first kappa shape index (κ1) is 24.1. The van der Waals surface area contributed by atoms with Gasteiger partial charge in [-0.3, -0.25) is 4.79 Å². The molecule has 3 N–H and O–H groups in total. The fourth-order valence-electron chi connectivity index (χ4n) is 2.25. The van der Waals surface area contributed by atoms with Crippen LogP contribution in [0.15, 0.2) is 12.1 Å². The van der Waals surface area contributed by atoms with E-state index in [1.54, 1.807) is 0 Å². The fourth-order valence-corrected chi connectivity index (χ4v) is 3.10. The Morgan fingerprint density at radius 2 is 1.64 bits per heavy atom. The first-order valence-corrected chi connectivity index (χ1v) is 10.2. The molecule has 0 saturated heterocycles. The SMILES string of the molecule is O=C(O)CC[C@H](NC(=O)Oc1cc(F)c(N(CCBr)CCBr)c(F)c1)C(=O)O. The summed E-state index contributed by atoms with van der Waals surface area (Å²) in [5.74, 6) is -5.07. The van der Waals surface area contributed by atoms with E-state index in [2.05, 4.69) is 31.9 Å². The van der Waals surface area contributed by atoms with E-state index in [0.717, 1.165) is 12.1 Å². The molecule has 12 heteroatoms. The highest BCUT2D eigenvalue weighted by Gasteiger charge is 2.23. The van der Waals surface area contributed by atoms with Crippen molar-refractivity contribution < 1.29 is 38.1 Å². The van der Waals surface area contributed by atoms with E-state index in [1.165, 1.54) is 4.90 Å². The number of carbonyl (C=O) groups is 3. The van der Waals surface area contributed by atoms with Crippen LogP contribution in [0, 0.1) is 11.6 Å². The van der Waals surface area contributed by atoms with Crippen LogP contribution in [0.2, 0.25) is 0 Å². The molecule has 1 rings (SSSR count). The number of anilines is 1. The average Bonchev–Trinajstić information content (AvgIpc) is 2.57. The van der Waals surface area contributed by atoms with Gasteiger partial charge in [-0.2, -0.15) is 0 Å². The Kier molecular flexibility index (Phi) is 10.1. The number of alkyl halides is 2. The number of amides is 1. The number of carboxylic acid groups (broad SMARTS) is 2. The smallest absolute Gasteiger partial charge is 0.413 e. The summed E-state index contributed by atoms with van der Waals surface area (Å²) in [6, 6.07) is 0.0898. The van der Waals surface area contributed by atoms with E-state index >= 15 is 0 Å². The molecular weight excluding hydrogens is 514 g/mol. The minimum absolute atomic E-state index is 0.281. The van der Waals surface area contributed by atoms with Gasteiger partial charge in [0.1, 0.15) is 17.5 Å². The Hall–Kier alpha value is -1.95. The molecule has 1 amide bonds. The van der Waals surface area contributed by atoms with E-state index in [-0.39, 0.29) is 12.1 Å². The molecule has 0 saturated carbocycles. The van der Waals surface area contributed by atoms with Gasteiger partial charge in [0, 0.05) is 42.3 Å².